The Hall–Kier alpha value is -2.15. The zero-order valence-corrected chi connectivity index (χ0v) is 15.8. The van der Waals surface area contributed by atoms with Gasteiger partial charge in [0, 0.05) is 42.7 Å². The van der Waals surface area contributed by atoms with Gasteiger partial charge in [0.25, 0.3) is 0 Å². The molecular weight excluding hydrogens is 322 g/mol. The summed E-state index contributed by atoms with van der Waals surface area (Å²) in [6, 6.07) is 0. The highest BCUT2D eigenvalue weighted by atomic mass is 32.1. The number of pyridine rings is 1. The van der Waals surface area contributed by atoms with Gasteiger partial charge in [-0.25, -0.2) is 4.98 Å². The topological polar surface area (TPSA) is 71.4 Å². The minimum absolute atomic E-state index is 0.595. The van der Waals surface area contributed by atoms with Crippen molar-refractivity contribution in [1.82, 2.24) is 20.6 Å². The number of ether oxygens (including phenoxy) is 1. The van der Waals surface area contributed by atoms with Gasteiger partial charge in [0.05, 0.1) is 30.1 Å². The molecule has 0 unspecified atom stereocenters. The molecule has 130 valence electrons. The van der Waals surface area contributed by atoms with Crippen molar-refractivity contribution in [3.05, 3.63) is 39.1 Å². The lowest BCUT2D eigenvalue weighted by Gasteiger charge is -2.15. The van der Waals surface area contributed by atoms with Gasteiger partial charge in [0.1, 0.15) is 5.75 Å². The number of nitrogens with zero attached hydrogens (tertiary/aromatic N) is 3. The van der Waals surface area contributed by atoms with Crippen LogP contribution in [0.4, 0.5) is 0 Å². The highest BCUT2D eigenvalue weighted by Gasteiger charge is 2.10. The standard InChI is InChI=1S/C17H25N5OS/c1-11-8-20-15(12(2)16(11)23-5)9-21-17(18-4)19-7-6-14-10-24-13(3)22-14/h8,10H,6-7,9H2,1-5H3,(H2,18,19,21). The lowest BCUT2D eigenvalue weighted by atomic mass is 10.1. The summed E-state index contributed by atoms with van der Waals surface area (Å²) in [5.41, 5.74) is 4.16. The third-order valence-electron chi connectivity index (χ3n) is 3.74. The Bertz CT molecular complexity index is 711. The van der Waals surface area contributed by atoms with Gasteiger partial charge >= 0.3 is 0 Å². The Morgan fingerprint density at radius 1 is 1.29 bits per heavy atom. The first-order valence-electron chi connectivity index (χ1n) is 7.89. The van der Waals surface area contributed by atoms with Crippen LogP contribution in [-0.4, -0.2) is 36.6 Å². The maximum atomic E-state index is 5.45. The first-order valence-corrected chi connectivity index (χ1v) is 8.77. The predicted octanol–water partition coefficient (Wildman–Crippen LogP) is 2.38. The van der Waals surface area contributed by atoms with Gasteiger partial charge in [-0.15, -0.1) is 11.3 Å². The van der Waals surface area contributed by atoms with Gasteiger partial charge in [0.2, 0.25) is 0 Å². The molecule has 2 aromatic rings. The predicted molar refractivity (Wildman–Crippen MR) is 99.0 cm³/mol. The van der Waals surface area contributed by atoms with Crippen LogP contribution in [0.5, 0.6) is 5.75 Å². The average Bonchev–Trinajstić information content (AvgIpc) is 2.98. The molecular formula is C17H25N5OS. The zero-order chi connectivity index (χ0) is 17.5. The number of methoxy groups -OCH3 is 1. The smallest absolute Gasteiger partial charge is 0.191 e. The Kier molecular flexibility index (Phi) is 6.54. The second-order valence-electron chi connectivity index (χ2n) is 5.51. The van der Waals surface area contributed by atoms with Crippen LogP contribution in [0.3, 0.4) is 0 Å². The first-order chi connectivity index (χ1) is 11.5. The average molecular weight is 347 g/mol. The number of rotatable bonds is 6. The third-order valence-corrected chi connectivity index (χ3v) is 4.56. The summed E-state index contributed by atoms with van der Waals surface area (Å²) in [7, 11) is 3.45. The molecule has 6 nitrogen and oxygen atoms in total. The molecule has 0 bridgehead atoms. The van der Waals surface area contributed by atoms with Gasteiger partial charge in [-0.2, -0.15) is 0 Å². The van der Waals surface area contributed by atoms with Crippen LogP contribution < -0.4 is 15.4 Å². The Morgan fingerprint density at radius 3 is 2.71 bits per heavy atom. The normalized spacial score (nSPS) is 11.5. The van der Waals surface area contributed by atoms with E-state index in [1.807, 2.05) is 27.0 Å². The van der Waals surface area contributed by atoms with Crippen LogP contribution in [0.25, 0.3) is 0 Å². The Morgan fingerprint density at radius 2 is 2.08 bits per heavy atom. The van der Waals surface area contributed by atoms with Gasteiger partial charge in [-0.3, -0.25) is 9.98 Å². The maximum Gasteiger partial charge on any atom is 0.191 e. The van der Waals surface area contributed by atoms with Gasteiger partial charge in [-0.1, -0.05) is 0 Å². The van der Waals surface area contributed by atoms with Gasteiger partial charge < -0.3 is 15.4 Å². The molecule has 0 aliphatic carbocycles. The number of nitrogens with one attached hydrogen (secondary N) is 2. The van der Waals surface area contributed by atoms with E-state index in [-0.39, 0.29) is 0 Å². The summed E-state index contributed by atoms with van der Waals surface area (Å²) in [6.45, 7) is 7.42. The first kappa shape index (κ1) is 18.2. The molecule has 0 fully saturated rings. The van der Waals surface area contributed by atoms with E-state index in [1.165, 1.54) is 0 Å². The van der Waals surface area contributed by atoms with Gasteiger partial charge in [-0.05, 0) is 20.8 Å². The number of hydrogen-bond acceptors (Lipinski definition) is 5. The van der Waals surface area contributed by atoms with E-state index in [9.17, 15) is 0 Å². The van der Waals surface area contributed by atoms with E-state index in [4.69, 9.17) is 4.74 Å². The summed E-state index contributed by atoms with van der Waals surface area (Å²) >= 11 is 1.68. The highest BCUT2D eigenvalue weighted by Crippen LogP contribution is 2.23. The lowest BCUT2D eigenvalue weighted by Crippen LogP contribution is -2.38. The molecule has 0 radical (unpaired) electrons. The van der Waals surface area contributed by atoms with Crippen LogP contribution in [0.1, 0.15) is 27.5 Å². The molecule has 0 spiro atoms. The summed E-state index contributed by atoms with van der Waals surface area (Å²) in [5, 5.41) is 9.79. The minimum Gasteiger partial charge on any atom is -0.496 e. The van der Waals surface area contributed by atoms with Gasteiger partial charge in [0.15, 0.2) is 5.96 Å². The molecule has 0 aliphatic rings. The van der Waals surface area contributed by atoms with Crippen molar-refractivity contribution in [3.63, 3.8) is 0 Å². The zero-order valence-electron chi connectivity index (χ0n) is 14.9. The molecule has 2 aromatic heterocycles. The molecule has 0 aliphatic heterocycles. The van der Waals surface area contributed by atoms with Crippen molar-refractivity contribution in [1.29, 1.82) is 0 Å². The van der Waals surface area contributed by atoms with Crippen molar-refractivity contribution >= 4 is 17.3 Å². The molecule has 0 saturated heterocycles. The molecule has 2 heterocycles. The van der Waals surface area contributed by atoms with Crippen molar-refractivity contribution in [2.75, 3.05) is 20.7 Å². The number of aliphatic imine (C=N–C) groups is 1. The van der Waals surface area contributed by atoms with Crippen molar-refractivity contribution in [2.45, 2.75) is 33.7 Å². The fraction of sp³-hybridized carbons (Fsp3) is 0.471. The van der Waals surface area contributed by atoms with Crippen LogP contribution in [0.15, 0.2) is 16.6 Å². The Balaban J connectivity index is 1.87. The van der Waals surface area contributed by atoms with Crippen molar-refractivity contribution in [2.24, 2.45) is 4.99 Å². The van der Waals surface area contributed by atoms with Crippen LogP contribution in [0.2, 0.25) is 0 Å². The quantitative estimate of drug-likeness (QED) is 0.620. The summed E-state index contributed by atoms with van der Waals surface area (Å²) < 4.78 is 5.45. The summed E-state index contributed by atoms with van der Waals surface area (Å²) in [6.07, 6.45) is 2.71. The molecule has 0 amide bonds. The third kappa shape index (κ3) is 4.67. The molecule has 0 atom stereocenters. The second-order valence-corrected chi connectivity index (χ2v) is 6.57. The molecule has 0 saturated carbocycles. The highest BCUT2D eigenvalue weighted by molar-refractivity contribution is 7.09. The SMILES string of the molecule is CN=C(NCCc1csc(C)n1)NCc1ncc(C)c(OC)c1C. The number of aryl methyl sites for hydroxylation is 2. The van der Waals surface area contributed by atoms with Crippen molar-refractivity contribution < 1.29 is 4.74 Å². The van der Waals surface area contributed by atoms with E-state index in [1.54, 1.807) is 25.5 Å². The summed E-state index contributed by atoms with van der Waals surface area (Å²) in [4.78, 5) is 13.2. The van der Waals surface area contributed by atoms with E-state index in [0.29, 0.717) is 6.54 Å². The number of hydrogen-bond donors (Lipinski definition) is 2. The maximum absolute atomic E-state index is 5.45. The Labute approximate surface area is 147 Å². The summed E-state index contributed by atoms with van der Waals surface area (Å²) in [5.74, 6) is 1.64. The van der Waals surface area contributed by atoms with E-state index in [0.717, 1.165) is 52.2 Å². The largest absolute Gasteiger partial charge is 0.496 e. The van der Waals surface area contributed by atoms with Crippen LogP contribution >= 0.6 is 11.3 Å². The fourth-order valence-electron chi connectivity index (χ4n) is 2.47. The fourth-order valence-corrected chi connectivity index (χ4v) is 3.12. The van der Waals surface area contributed by atoms with Crippen LogP contribution in [0, 0.1) is 20.8 Å². The van der Waals surface area contributed by atoms with Crippen molar-refractivity contribution in [3.8, 4) is 5.75 Å². The van der Waals surface area contributed by atoms with Crippen LogP contribution in [-0.2, 0) is 13.0 Å². The molecule has 0 aromatic carbocycles. The van der Waals surface area contributed by atoms with E-state index in [2.05, 4.69) is 31.0 Å². The lowest BCUT2D eigenvalue weighted by molar-refractivity contribution is 0.406. The molecule has 24 heavy (non-hydrogen) atoms. The monoisotopic (exact) mass is 347 g/mol. The minimum atomic E-state index is 0.595. The number of aromatic nitrogens is 2. The molecule has 2 rings (SSSR count). The van der Waals surface area contributed by atoms with E-state index >= 15 is 0 Å². The van der Waals surface area contributed by atoms with E-state index < -0.39 is 0 Å². The molecule has 7 heteroatoms. The number of guanidine groups is 1. The second kappa shape index (κ2) is 8.63. The molecule has 2 N–H and O–H groups in total. The number of thiazole rings is 1.